The molecule has 0 aliphatic carbocycles. The first-order valence-corrected chi connectivity index (χ1v) is 7.94. The molecule has 0 fully saturated rings. The van der Waals surface area contributed by atoms with Crippen LogP contribution < -0.4 is 0 Å². The highest BCUT2D eigenvalue weighted by molar-refractivity contribution is 5.27. The van der Waals surface area contributed by atoms with Gasteiger partial charge in [0, 0.05) is 0 Å². The molecule has 0 spiro atoms. The second kappa shape index (κ2) is 6.76. The first kappa shape index (κ1) is 17.2. The van der Waals surface area contributed by atoms with E-state index < -0.39 is 5.60 Å². The van der Waals surface area contributed by atoms with Gasteiger partial charge in [-0.3, -0.25) is 0 Å². The van der Waals surface area contributed by atoms with Gasteiger partial charge in [-0.05, 0) is 55.1 Å². The number of rotatable bonds is 6. The second-order valence-corrected chi connectivity index (χ2v) is 7.51. The normalized spacial score (nSPS) is 14.3. The molecule has 1 nitrogen and oxygen atoms in total. The summed E-state index contributed by atoms with van der Waals surface area (Å²) in [6.07, 6.45) is 1.09. The quantitative estimate of drug-likeness (QED) is 0.773. The average Bonchev–Trinajstić information content (AvgIpc) is 2.26. The molecule has 1 heteroatoms. The molecule has 1 aromatic rings. The largest absolute Gasteiger partial charge is 0.386 e. The molecular weight excluding hydrogens is 244 g/mol. The molecule has 1 N–H and O–H groups in total. The Labute approximate surface area is 125 Å². The van der Waals surface area contributed by atoms with Crippen LogP contribution in [0.1, 0.15) is 59.6 Å². The molecule has 1 rings (SSSR count). The topological polar surface area (TPSA) is 20.2 Å². The zero-order chi connectivity index (χ0) is 15.5. The molecular formula is C19H32O. The molecule has 114 valence electrons. The van der Waals surface area contributed by atoms with Gasteiger partial charge in [0.15, 0.2) is 0 Å². The summed E-state index contributed by atoms with van der Waals surface area (Å²) in [4.78, 5) is 0. The molecule has 1 aromatic carbocycles. The minimum Gasteiger partial charge on any atom is -0.386 e. The van der Waals surface area contributed by atoms with Crippen molar-refractivity contribution < 1.29 is 5.11 Å². The summed E-state index contributed by atoms with van der Waals surface area (Å²) in [5.41, 5.74) is 1.59. The van der Waals surface area contributed by atoms with Gasteiger partial charge in [0.2, 0.25) is 0 Å². The van der Waals surface area contributed by atoms with E-state index in [1.165, 1.54) is 5.56 Å². The minimum atomic E-state index is -0.755. The maximum atomic E-state index is 10.1. The first-order chi connectivity index (χ1) is 9.12. The number of hydrogen-bond donors (Lipinski definition) is 1. The molecule has 20 heavy (non-hydrogen) atoms. The molecule has 0 unspecified atom stereocenters. The van der Waals surface area contributed by atoms with Crippen LogP contribution in [0.5, 0.6) is 0 Å². The van der Waals surface area contributed by atoms with E-state index in [4.69, 9.17) is 0 Å². The Kier molecular flexibility index (Phi) is 5.82. The molecule has 0 bridgehead atoms. The minimum absolute atomic E-state index is 0.659. The molecule has 0 radical (unpaired) electrons. The number of hydrogen-bond acceptors (Lipinski definition) is 1. The van der Waals surface area contributed by atoms with Crippen molar-refractivity contribution in [2.75, 3.05) is 0 Å². The van der Waals surface area contributed by atoms with E-state index in [-0.39, 0.29) is 0 Å². The summed E-state index contributed by atoms with van der Waals surface area (Å²) in [7, 11) is 0. The van der Waals surface area contributed by atoms with Gasteiger partial charge in [0.25, 0.3) is 0 Å². The molecule has 0 aliphatic heterocycles. The van der Waals surface area contributed by atoms with Crippen LogP contribution in [0, 0.1) is 23.7 Å². The van der Waals surface area contributed by atoms with Crippen molar-refractivity contribution in [1.29, 1.82) is 0 Å². The summed E-state index contributed by atoms with van der Waals surface area (Å²) in [6.45, 7) is 15.4. The van der Waals surface area contributed by atoms with Crippen LogP contribution in [-0.4, -0.2) is 5.11 Å². The highest BCUT2D eigenvalue weighted by atomic mass is 16.3. The van der Waals surface area contributed by atoms with Crippen molar-refractivity contribution in [1.82, 2.24) is 0 Å². The monoisotopic (exact) mass is 276 g/mol. The Morgan fingerprint density at radius 1 is 1.00 bits per heavy atom. The Bertz CT molecular complexity index is 404. The third kappa shape index (κ3) is 4.63. The number of aliphatic hydroxyl groups is 1. The van der Waals surface area contributed by atoms with E-state index in [1.54, 1.807) is 0 Å². The fourth-order valence-corrected chi connectivity index (χ4v) is 3.67. The van der Waals surface area contributed by atoms with Gasteiger partial charge in [-0.15, -0.1) is 0 Å². The lowest BCUT2D eigenvalue weighted by Crippen LogP contribution is -2.25. The van der Waals surface area contributed by atoms with Gasteiger partial charge in [0.1, 0.15) is 0 Å². The van der Waals surface area contributed by atoms with Gasteiger partial charge < -0.3 is 5.11 Å². The van der Waals surface area contributed by atoms with Gasteiger partial charge >= 0.3 is 0 Å². The lowest BCUT2D eigenvalue weighted by Gasteiger charge is -2.31. The molecule has 0 amide bonds. The van der Waals surface area contributed by atoms with Crippen LogP contribution in [0.4, 0.5) is 0 Å². The lowest BCUT2D eigenvalue weighted by atomic mass is 9.74. The Morgan fingerprint density at radius 3 is 2.00 bits per heavy atom. The van der Waals surface area contributed by atoms with Crippen LogP contribution in [-0.2, 0) is 12.0 Å². The zero-order valence-electron chi connectivity index (χ0n) is 14.3. The third-order valence-electron chi connectivity index (χ3n) is 4.39. The number of benzene rings is 1. The summed E-state index contributed by atoms with van der Waals surface area (Å²) in [6, 6.07) is 8.42. The van der Waals surface area contributed by atoms with Gasteiger partial charge in [-0.2, -0.15) is 0 Å². The van der Waals surface area contributed by atoms with Crippen LogP contribution in [0.15, 0.2) is 24.3 Å². The average molecular weight is 276 g/mol. The molecule has 0 saturated heterocycles. The van der Waals surface area contributed by atoms with Crippen LogP contribution in [0.25, 0.3) is 0 Å². The predicted molar refractivity (Wildman–Crippen MR) is 87.7 cm³/mol. The van der Waals surface area contributed by atoms with Crippen LogP contribution >= 0.6 is 0 Å². The van der Waals surface area contributed by atoms with Crippen molar-refractivity contribution >= 4 is 0 Å². The first-order valence-electron chi connectivity index (χ1n) is 7.94. The van der Waals surface area contributed by atoms with Gasteiger partial charge in [-0.1, -0.05) is 58.9 Å². The highest BCUT2D eigenvalue weighted by Gasteiger charge is 2.24. The standard InChI is InChI=1S/C19H32O/c1-13(2)18(14(3)4)15(5)11-16-9-8-10-17(12-16)19(6,7)20/h8-10,12-15,18,20H,11H2,1-7H3/t15-/m1/s1. The van der Waals surface area contributed by atoms with E-state index >= 15 is 0 Å². The van der Waals surface area contributed by atoms with E-state index in [0.717, 1.165) is 17.9 Å². The maximum Gasteiger partial charge on any atom is 0.0840 e. The fraction of sp³-hybridized carbons (Fsp3) is 0.684. The summed E-state index contributed by atoms with van der Waals surface area (Å²) >= 11 is 0. The summed E-state index contributed by atoms with van der Waals surface area (Å²) in [5.74, 6) is 2.82. The molecule has 0 heterocycles. The van der Waals surface area contributed by atoms with E-state index in [0.29, 0.717) is 17.8 Å². The van der Waals surface area contributed by atoms with E-state index in [9.17, 15) is 5.11 Å². The SMILES string of the molecule is CC(C)C(C(C)C)[C@H](C)Cc1cccc(C(C)(C)O)c1. The van der Waals surface area contributed by atoms with Crippen LogP contribution in [0.2, 0.25) is 0 Å². The smallest absolute Gasteiger partial charge is 0.0840 e. The van der Waals surface area contributed by atoms with Crippen molar-refractivity contribution in [2.45, 2.75) is 60.5 Å². The Morgan fingerprint density at radius 2 is 1.55 bits per heavy atom. The van der Waals surface area contributed by atoms with E-state index in [1.807, 2.05) is 19.9 Å². The van der Waals surface area contributed by atoms with Crippen molar-refractivity contribution in [3.63, 3.8) is 0 Å². The van der Waals surface area contributed by atoms with Crippen LogP contribution in [0.3, 0.4) is 0 Å². The van der Waals surface area contributed by atoms with Crippen molar-refractivity contribution in [3.05, 3.63) is 35.4 Å². The predicted octanol–water partition coefficient (Wildman–Crippen LogP) is 5.02. The van der Waals surface area contributed by atoms with Crippen molar-refractivity contribution in [2.24, 2.45) is 23.7 Å². The maximum absolute atomic E-state index is 10.1. The lowest BCUT2D eigenvalue weighted by molar-refractivity contribution is 0.0784. The van der Waals surface area contributed by atoms with E-state index in [2.05, 4.69) is 52.8 Å². The summed E-state index contributed by atoms with van der Waals surface area (Å²) in [5, 5.41) is 10.1. The molecule has 1 atom stereocenters. The van der Waals surface area contributed by atoms with Gasteiger partial charge in [-0.25, -0.2) is 0 Å². The zero-order valence-corrected chi connectivity index (χ0v) is 14.3. The fourth-order valence-electron chi connectivity index (χ4n) is 3.67. The second-order valence-electron chi connectivity index (χ2n) is 7.51. The molecule has 0 aliphatic rings. The molecule has 0 saturated carbocycles. The third-order valence-corrected chi connectivity index (χ3v) is 4.39. The summed E-state index contributed by atoms with van der Waals surface area (Å²) < 4.78 is 0. The van der Waals surface area contributed by atoms with Crippen molar-refractivity contribution in [3.8, 4) is 0 Å². The highest BCUT2D eigenvalue weighted by Crippen LogP contribution is 2.31. The van der Waals surface area contributed by atoms with Gasteiger partial charge in [0.05, 0.1) is 5.60 Å². The molecule has 0 aromatic heterocycles. The Hall–Kier alpha value is -0.820. The Balaban J connectivity index is 2.87.